The first-order valence-corrected chi connectivity index (χ1v) is 9.79. The molecule has 4 heterocycles. The SMILES string of the molecule is CN1CCC(CNc2ncc3c(n2)CC=C3c2ccc3ncc(F)n3c2)CC1.[HH].[HH]. The molecule has 6 nitrogen and oxygen atoms in total. The van der Waals surface area contributed by atoms with Gasteiger partial charge in [0, 0.05) is 33.8 Å². The largest absolute Gasteiger partial charge is 0.354 e. The quantitative estimate of drug-likeness (QED) is 0.748. The Morgan fingerprint density at radius 3 is 2.93 bits per heavy atom. The third kappa shape index (κ3) is 3.16. The highest BCUT2D eigenvalue weighted by molar-refractivity contribution is 5.83. The third-order valence-corrected chi connectivity index (χ3v) is 5.82. The smallest absolute Gasteiger partial charge is 0.222 e. The molecule has 1 fully saturated rings. The van der Waals surface area contributed by atoms with E-state index in [9.17, 15) is 4.39 Å². The number of allylic oxidation sites excluding steroid dienone is 1. The van der Waals surface area contributed by atoms with E-state index in [0.29, 0.717) is 17.5 Å². The maximum atomic E-state index is 13.9. The van der Waals surface area contributed by atoms with E-state index >= 15 is 0 Å². The number of piperidine rings is 1. The summed E-state index contributed by atoms with van der Waals surface area (Å²) in [5, 5.41) is 3.42. The Hall–Kier alpha value is -2.80. The predicted molar refractivity (Wildman–Crippen MR) is 111 cm³/mol. The van der Waals surface area contributed by atoms with Crippen molar-refractivity contribution in [1.29, 1.82) is 0 Å². The Kier molecular flexibility index (Phi) is 4.31. The molecule has 0 saturated carbocycles. The summed E-state index contributed by atoms with van der Waals surface area (Å²) in [6, 6.07) is 3.80. The van der Waals surface area contributed by atoms with E-state index < -0.39 is 0 Å². The van der Waals surface area contributed by atoms with E-state index in [-0.39, 0.29) is 8.80 Å². The highest BCUT2D eigenvalue weighted by Gasteiger charge is 2.20. The van der Waals surface area contributed by atoms with Gasteiger partial charge < -0.3 is 10.2 Å². The van der Waals surface area contributed by atoms with Crippen LogP contribution in [0.25, 0.3) is 11.2 Å². The molecule has 5 rings (SSSR count). The number of nitrogens with zero attached hydrogens (tertiary/aromatic N) is 5. The third-order valence-electron chi connectivity index (χ3n) is 5.82. The average molecular weight is 382 g/mol. The van der Waals surface area contributed by atoms with Crippen molar-refractivity contribution in [3.05, 3.63) is 59.6 Å². The Bertz CT molecular complexity index is 1060. The zero-order valence-corrected chi connectivity index (χ0v) is 15.9. The highest BCUT2D eigenvalue weighted by atomic mass is 19.1. The van der Waals surface area contributed by atoms with E-state index in [4.69, 9.17) is 4.98 Å². The molecule has 1 N–H and O–H groups in total. The second kappa shape index (κ2) is 6.98. The van der Waals surface area contributed by atoms with Crippen molar-refractivity contribution < 1.29 is 7.24 Å². The molecule has 1 aliphatic carbocycles. The van der Waals surface area contributed by atoms with Crippen LogP contribution < -0.4 is 5.32 Å². The molecule has 0 radical (unpaired) electrons. The lowest BCUT2D eigenvalue weighted by Gasteiger charge is -2.28. The van der Waals surface area contributed by atoms with Crippen molar-refractivity contribution >= 4 is 17.2 Å². The van der Waals surface area contributed by atoms with Crippen LogP contribution in [0.5, 0.6) is 0 Å². The molecule has 2 aliphatic rings. The van der Waals surface area contributed by atoms with Crippen LogP contribution in [0.3, 0.4) is 0 Å². The van der Waals surface area contributed by atoms with Crippen molar-refractivity contribution in [1.82, 2.24) is 24.3 Å². The first-order chi connectivity index (χ1) is 13.7. The van der Waals surface area contributed by atoms with Crippen molar-refractivity contribution in [3.63, 3.8) is 0 Å². The number of fused-ring (bicyclic) bond motifs is 2. The first kappa shape index (κ1) is 17.3. The molecule has 3 aromatic rings. The van der Waals surface area contributed by atoms with E-state index in [2.05, 4.69) is 33.3 Å². The number of pyridine rings is 1. The van der Waals surface area contributed by atoms with E-state index in [1.165, 1.54) is 23.4 Å². The zero-order chi connectivity index (χ0) is 19.1. The molecule has 0 aromatic carbocycles. The lowest BCUT2D eigenvalue weighted by atomic mass is 9.97. The summed E-state index contributed by atoms with van der Waals surface area (Å²) in [7, 11) is 2.18. The minimum absolute atomic E-state index is 0. The molecule has 1 saturated heterocycles. The Labute approximate surface area is 166 Å². The molecular weight excluding hydrogens is 355 g/mol. The van der Waals surface area contributed by atoms with Crippen LogP contribution in [-0.2, 0) is 6.42 Å². The lowest BCUT2D eigenvalue weighted by molar-refractivity contribution is 0.226. The number of imidazole rings is 1. The van der Waals surface area contributed by atoms with Gasteiger partial charge in [-0.25, -0.2) is 15.0 Å². The Morgan fingerprint density at radius 1 is 1.21 bits per heavy atom. The molecule has 28 heavy (non-hydrogen) atoms. The van der Waals surface area contributed by atoms with Crippen molar-refractivity contribution in [2.75, 3.05) is 32.0 Å². The molecule has 0 bridgehead atoms. The van der Waals surface area contributed by atoms with Gasteiger partial charge in [0.25, 0.3) is 0 Å². The van der Waals surface area contributed by atoms with Gasteiger partial charge in [0.15, 0.2) is 0 Å². The van der Waals surface area contributed by atoms with Gasteiger partial charge in [-0.15, -0.1) is 0 Å². The second-order valence-electron chi connectivity index (χ2n) is 7.73. The Balaban J connectivity index is 0.00000128. The number of hydrogen-bond acceptors (Lipinski definition) is 5. The first-order valence-electron chi connectivity index (χ1n) is 9.79. The molecule has 3 aromatic heterocycles. The second-order valence-corrected chi connectivity index (χ2v) is 7.73. The van der Waals surface area contributed by atoms with Gasteiger partial charge in [0.1, 0.15) is 5.65 Å². The number of likely N-dealkylation sites (tertiary alicyclic amines) is 1. The molecule has 0 amide bonds. The summed E-state index contributed by atoms with van der Waals surface area (Å²) in [6.45, 7) is 3.24. The summed E-state index contributed by atoms with van der Waals surface area (Å²) >= 11 is 0. The average Bonchev–Trinajstić information content (AvgIpc) is 3.30. The van der Waals surface area contributed by atoms with Gasteiger partial charge in [-0.05, 0) is 62.2 Å². The number of aromatic nitrogens is 4. The van der Waals surface area contributed by atoms with Gasteiger partial charge in [-0.2, -0.15) is 4.39 Å². The fourth-order valence-electron chi connectivity index (χ4n) is 4.08. The van der Waals surface area contributed by atoms with Crippen LogP contribution in [0, 0.1) is 11.9 Å². The number of nitrogens with one attached hydrogen (secondary N) is 1. The van der Waals surface area contributed by atoms with E-state index in [1.54, 1.807) is 6.20 Å². The van der Waals surface area contributed by atoms with E-state index in [1.807, 2.05) is 18.3 Å². The minimum Gasteiger partial charge on any atom is -0.354 e. The normalized spacial score (nSPS) is 17.7. The van der Waals surface area contributed by atoms with Gasteiger partial charge in [0.2, 0.25) is 11.9 Å². The molecule has 0 spiro atoms. The van der Waals surface area contributed by atoms with E-state index in [0.717, 1.165) is 48.4 Å². The standard InChI is InChI=1S/C21H23FN6.2H2/c1-27-8-6-14(7-9-27)10-24-21-25-11-17-16(3-4-18(17)26-21)15-2-5-20-23-12-19(22)28(20)13-15;;/h2-3,5,11-14H,4,6-10H2,1H3,(H,24,25,26);2*1H. The minimum atomic E-state index is -0.361. The summed E-state index contributed by atoms with van der Waals surface area (Å²) in [4.78, 5) is 15.7. The molecule has 0 unspecified atom stereocenters. The van der Waals surface area contributed by atoms with Crippen molar-refractivity contribution in [2.45, 2.75) is 19.3 Å². The number of anilines is 1. The van der Waals surface area contributed by atoms with Gasteiger partial charge in [-0.3, -0.25) is 4.40 Å². The Morgan fingerprint density at radius 2 is 2.07 bits per heavy atom. The van der Waals surface area contributed by atoms with Crippen molar-refractivity contribution in [2.24, 2.45) is 5.92 Å². The fourth-order valence-corrected chi connectivity index (χ4v) is 4.08. The highest BCUT2D eigenvalue weighted by Crippen LogP contribution is 2.32. The molecular formula is C21H27FN6. The fraction of sp³-hybridized carbons (Fsp3) is 0.381. The summed E-state index contributed by atoms with van der Waals surface area (Å²) in [6.07, 6.45) is 10.2. The van der Waals surface area contributed by atoms with Gasteiger partial charge in [-0.1, -0.05) is 6.08 Å². The number of hydrogen-bond donors (Lipinski definition) is 1. The number of halogens is 1. The predicted octanol–water partition coefficient (Wildman–Crippen LogP) is 3.50. The summed E-state index contributed by atoms with van der Waals surface area (Å²) in [5.41, 5.74) is 4.63. The zero-order valence-electron chi connectivity index (χ0n) is 15.9. The van der Waals surface area contributed by atoms with Crippen LogP contribution in [-0.4, -0.2) is 50.9 Å². The maximum Gasteiger partial charge on any atom is 0.222 e. The lowest BCUT2D eigenvalue weighted by Crippen LogP contribution is -2.33. The van der Waals surface area contributed by atoms with Gasteiger partial charge >= 0.3 is 0 Å². The topological polar surface area (TPSA) is 58.3 Å². The van der Waals surface area contributed by atoms with Crippen LogP contribution in [0.4, 0.5) is 10.3 Å². The maximum absolute atomic E-state index is 13.9. The molecule has 148 valence electrons. The van der Waals surface area contributed by atoms with Crippen molar-refractivity contribution in [3.8, 4) is 0 Å². The summed E-state index contributed by atoms with van der Waals surface area (Å²) in [5.74, 6) is 1.02. The molecule has 7 heteroatoms. The monoisotopic (exact) mass is 382 g/mol. The molecule has 1 aliphatic heterocycles. The summed E-state index contributed by atoms with van der Waals surface area (Å²) < 4.78 is 15.3. The van der Waals surface area contributed by atoms with Gasteiger partial charge in [0.05, 0.1) is 11.9 Å². The van der Waals surface area contributed by atoms with Crippen LogP contribution in [0.2, 0.25) is 0 Å². The van der Waals surface area contributed by atoms with Crippen LogP contribution >= 0.6 is 0 Å². The number of rotatable bonds is 4. The molecule has 0 atom stereocenters. The van der Waals surface area contributed by atoms with Crippen LogP contribution in [0.1, 0.15) is 32.5 Å². The van der Waals surface area contributed by atoms with Crippen LogP contribution in [0.15, 0.2) is 36.8 Å².